The molecule has 1 heterocycles. The van der Waals surface area contributed by atoms with Gasteiger partial charge in [-0.25, -0.2) is 0 Å². The second kappa shape index (κ2) is 5.47. The van der Waals surface area contributed by atoms with Gasteiger partial charge in [0.15, 0.2) is 0 Å². The van der Waals surface area contributed by atoms with E-state index in [-0.39, 0.29) is 36.5 Å². The van der Waals surface area contributed by atoms with Crippen LogP contribution < -0.4 is 5.32 Å². The van der Waals surface area contributed by atoms with E-state index in [4.69, 9.17) is 9.84 Å². The number of hydrogen-bond donors (Lipinski definition) is 2. The second-order valence-corrected chi connectivity index (χ2v) is 4.51. The lowest BCUT2D eigenvalue weighted by Crippen LogP contribution is -2.45. The predicted octanol–water partition coefficient (Wildman–Crippen LogP) is 0.544. The van der Waals surface area contributed by atoms with Crippen molar-refractivity contribution in [2.75, 3.05) is 13.2 Å². The fraction of sp³-hybridized carbons (Fsp3) is 0.909. The summed E-state index contributed by atoms with van der Waals surface area (Å²) in [5, 5.41) is 12.0. The maximum atomic E-state index is 11.8. The molecule has 0 aliphatic carbocycles. The van der Waals surface area contributed by atoms with Crippen molar-refractivity contribution < 1.29 is 14.6 Å². The Kier molecular flexibility index (Phi) is 4.54. The smallest absolute Gasteiger partial charge is 0.226 e. The highest BCUT2D eigenvalue weighted by Crippen LogP contribution is 2.20. The minimum atomic E-state index is -0.148. The molecular formula is C11H21NO3. The first-order valence-corrected chi connectivity index (χ1v) is 5.59. The number of carbonyl (C=O) groups excluding carboxylic acids is 1. The van der Waals surface area contributed by atoms with E-state index >= 15 is 0 Å². The Bertz CT molecular complexity index is 218. The van der Waals surface area contributed by atoms with Gasteiger partial charge in [-0.05, 0) is 19.3 Å². The molecule has 88 valence electrons. The predicted molar refractivity (Wildman–Crippen MR) is 57.4 cm³/mol. The fourth-order valence-electron chi connectivity index (χ4n) is 1.79. The quantitative estimate of drug-likeness (QED) is 0.720. The molecule has 2 unspecified atom stereocenters. The first kappa shape index (κ1) is 12.5. The van der Waals surface area contributed by atoms with Crippen LogP contribution in [-0.2, 0) is 9.53 Å². The van der Waals surface area contributed by atoms with E-state index in [1.54, 1.807) is 0 Å². The van der Waals surface area contributed by atoms with Crippen LogP contribution in [0.1, 0.15) is 27.2 Å². The largest absolute Gasteiger partial charge is 0.394 e. The molecule has 1 rings (SSSR count). The maximum absolute atomic E-state index is 11.8. The van der Waals surface area contributed by atoms with Crippen molar-refractivity contribution in [3.63, 3.8) is 0 Å². The summed E-state index contributed by atoms with van der Waals surface area (Å²) < 4.78 is 5.34. The van der Waals surface area contributed by atoms with Crippen molar-refractivity contribution in [1.82, 2.24) is 5.32 Å². The van der Waals surface area contributed by atoms with Gasteiger partial charge in [-0.2, -0.15) is 0 Å². The molecule has 0 aromatic carbocycles. The summed E-state index contributed by atoms with van der Waals surface area (Å²) in [5.74, 6) is 0.196. The lowest BCUT2D eigenvalue weighted by atomic mass is 9.99. The van der Waals surface area contributed by atoms with E-state index in [0.29, 0.717) is 6.61 Å². The summed E-state index contributed by atoms with van der Waals surface area (Å²) in [7, 11) is 0. The monoisotopic (exact) mass is 215 g/mol. The summed E-state index contributed by atoms with van der Waals surface area (Å²) >= 11 is 0. The molecule has 15 heavy (non-hydrogen) atoms. The van der Waals surface area contributed by atoms with Gasteiger partial charge in [-0.1, -0.05) is 13.8 Å². The van der Waals surface area contributed by atoms with Gasteiger partial charge in [0, 0.05) is 6.61 Å². The lowest BCUT2D eigenvalue weighted by molar-refractivity contribution is -0.127. The molecule has 1 aliphatic heterocycles. The van der Waals surface area contributed by atoms with Gasteiger partial charge >= 0.3 is 0 Å². The molecule has 0 saturated carbocycles. The number of rotatable bonds is 4. The highest BCUT2D eigenvalue weighted by atomic mass is 16.5. The van der Waals surface area contributed by atoms with Gasteiger partial charge in [-0.3, -0.25) is 4.79 Å². The number of aliphatic hydroxyl groups is 1. The van der Waals surface area contributed by atoms with Crippen LogP contribution >= 0.6 is 0 Å². The zero-order valence-electron chi connectivity index (χ0n) is 9.69. The van der Waals surface area contributed by atoms with Gasteiger partial charge in [0.2, 0.25) is 5.91 Å². The maximum Gasteiger partial charge on any atom is 0.226 e. The minimum absolute atomic E-state index is 0.00324. The highest BCUT2D eigenvalue weighted by molar-refractivity contribution is 5.79. The Balaban J connectivity index is 2.46. The molecule has 0 bridgehead atoms. The second-order valence-electron chi connectivity index (χ2n) is 4.51. The highest BCUT2D eigenvalue weighted by Gasteiger charge is 2.32. The Labute approximate surface area is 91.0 Å². The van der Waals surface area contributed by atoms with E-state index < -0.39 is 0 Å². The molecular weight excluding hydrogens is 194 g/mol. The summed E-state index contributed by atoms with van der Waals surface area (Å²) in [4.78, 5) is 11.8. The normalized spacial score (nSPS) is 28.1. The van der Waals surface area contributed by atoms with E-state index in [9.17, 15) is 4.79 Å². The van der Waals surface area contributed by atoms with Crippen LogP contribution in [0.5, 0.6) is 0 Å². The lowest BCUT2D eigenvalue weighted by Gasteiger charge is -2.23. The van der Waals surface area contributed by atoms with Gasteiger partial charge in [-0.15, -0.1) is 0 Å². The summed E-state index contributed by atoms with van der Waals surface area (Å²) in [6.07, 6.45) is 0.778. The number of amides is 1. The van der Waals surface area contributed by atoms with Crippen LogP contribution in [0.2, 0.25) is 0 Å². The van der Waals surface area contributed by atoms with Crippen molar-refractivity contribution in [2.45, 2.75) is 39.3 Å². The average molecular weight is 215 g/mol. The Morgan fingerprint density at radius 2 is 2.27 bits per heavy atom. The molecule has 1 aliphatic rings. The van der Waals surface area contributed by atoms with Crippen LogP contribution in [0.25, 0.3) is 0 Å². The van der Waals surface area contributed by atoms with Crippen LogP contribution in [0.3, 0.4) is 0 Å². The Hall–Kier alpha value is -0.610. The topological polar surface area (TPSA) is 58.6 Å². The van der Waals surface area contributed by atoms with E-state index in [2.05, 4.69) is 5.32 Å². The van der Waals surface area contributed by atoms with Crippen molar-refractivity contribution in [3.05, 3.63) is 0 Å². The molecule has 0 spiro atoms. The molecule has 0 aromatic rings. The number of ether oxygens (including phenoxy) is 1. The third-order valence-corrected chi connectivity index (χ3v) is 3.04. The molecule has 0 aromatic heterocycles. The van der Waals surface area contributed by atoms with E-state index in [0.717, 1.165) is 6.42 Å². The fourth-order valence-corrected chi connectivity index (χ4v) is 1.79. The standard InChI is InChI=1S/C11H21NO3/c1-7(2)10(6-13)12-11(14)9-4-5-15-8(9)3/h7-10,13H,4-6H2,1-3H3,(H,12,14)/t8?,9?,10-/m1/s1. The average Bonchev–Trinajstić information content (AvgIpc) is 2.60. The number of nitrogens with one attached hydrogen (secondary N) is 1. The number of aliphatic hydroxyl groups excluding tert-OH is 1. The van der Waals surface area contributed by atoms with E-state index in [1.165, 1.54) is 0 Å². The zero-order valence-corrected chi connectivity index (χ0v) is 9.69. The Morgan fingerprint density at radius 3 is 2.67 bits per heavy atom. The first-order valence-electron chi connectivity index (χ1n) is 5.59. The molecule has 1 saturated heterocycles. The summed E-state index contributed by atoms with van der Waals surface area (Å²) in [6, 6.07) is -0.148. The third-order valence-electron chi connectivity index (χ3n) is 3.04. The van der Waals surface area contributed by atoms with Gasteiger partial charge in [0.1, 0.15) is 0 Å². The van der Waals surface area contributed by atoms with Gasteiger partial charge in [0.05, 0.1) is 24.7 Å². The van der Waals surface area contributed by atoms with Gasteiger partial charge in [0.25, 0.3) is 0 Å². The molecule has 1 fully saturated rings. The summed E-state index contributed by atoms with van der Waals surface area (Å²) in [6.45, 7) is 6.53. The molecule has 2 N–H and O–H groups in total. The van der Waals surface area contributed by atoms with Crippen molar-refractivity contribution >= 4 is 5.91 Å². The minimum Gasteiger partial charge on any atom is -0.394 e. The molecule has 4 heteroatoms. The van der Waals surface area contributed by atoms with Crippen LogP contribution in [0, 0.1) is 11.8 Å². The van der Waals surface area contributed by atoms with Crippen molar-refractivity contribution in [1.29, 1.82) is 0 Å². The Morgan fingerprint density at radius 1 is 1.60 bits per heavy atom. The molecule has 1 amide bonds. The summed E-state index contributed by atoms with van der Waals surface area (Å²) in [5.41, 5.74) is 0. The van der Waals surface area contributed by atoms with E-state index in [1.807, 2.05) is 20.8 Å². The van der Waals surface area contributed by atoms with Crippen molar-refractivity contribution in [3.8, 4) is 0 Å². The number of hydrogen-bond acceptors (Lipinski definition) is 3. The zero-order chi connectivity index (χ0) is 11.4. The van der Waals surface area contributed by atoms with Crippen LogP contribution in [-0.4, -0.2) is 36.4 Å². The van der Waals surface area contributed by atoms with Crippen molar-refractivity contribution in [2.24, 2.45) is 11.8 Å². The molecule has 4 nitrogen and oxygen atoms in total. The third kappa shape index (κ3) is 3.18. The number of carbonyl (C=O) groups is 1. The van der Waals surface area contributed by atoms with Gasteiger partial charge < -0.3 is 15.2 Å². The first-order chi connectivity index (χ1) is 7.06. The molecule has 3 atom stereocenters. The SMILES string of the molecule is CC1OCCC1C(=O)N[C@H](CO)C(C)C. The molecule has 0 radical (unpaired) electrons. The van der Waals surface area contributed by atoms with Crippen LogP contribution in [0.15, 0.2) is 0 Å². The van der Waals surface area contributed by atoms with Crippen LogP contribution in [0.4, 0.5) is 0 Å².